The maximum atomic E-state index is 15.3. The smallest absolute Gasteiger partial charge is 0.397 e. The van der Waals surface area contributed by atoms with E-state index in [1.807, 2.05) is 0 Å². The highest BCUT2D eigenvalue weighted by Crippen LogP contribution is 2.37. The number of hydrogen-bond acceptors (Lipinski definition) is 7. The summed E-state index contributed by atoms with van der Waals surface area (Å²) in [5.41, 5.74) is 3.67. The average molecular weight is 562 g/mol. The van der Waals surface area contributed by atoms with Crippen molar-refractivity contribution in [3.8, 4) is 16.9 Å². The summed E-state index contributed by atoms with van der Waals surface area (Å²) in [6.45, 7) is 3.09. The Balaban J connectivity index is 1.69. The number of benzene rings is 1. The van der Waals surface area contributed by atoms with Crippen molar-refractivity contribution < 1.29 is 27.5 Å². The summed E-state index contributed by atoms with van der Waals surface area (Å²) in [4.78, 5) is 21.3. The molecule has 4 N–H and O–H groups in total. The van der Waals surface area contributed by atoms with E-state index in [0.717, 1.165) is 12.3 Å². The third-order valence-electron chi connectivity index (χ3n) is 5.28. The number of carbonyl (C=O) groups is 1. The number of alkyl halides is 3. The predicted molar refractivity (Wildman–Crippen MR) is 136 cm³/mol. The Morgan fingerprint density at radius 1 is 1.13 bits per heavy atom. The summed E-state index contributed by atoms with van der Waals surface area (Å²) in [6.07, 6.45) is 4.20. The summed E-state index contributed by atoms with van der Waals surface area (Å²) in [7, 11) is 0. The minimum absolute atomic E-state index is 0.0519. The van der Waals surface area contributed by atoms with Crippen molar-refractivity contribution in [3.63, 3.8) is 0 Å². The molecule has 0 fully saturated rings. The number of aromatic nitrogens is 5. The third-order valence-corrected chi connectivity index (χ3v) is 5.60. The van der Waals surface area contributed by atoms with E-state index in [4.69, 9.17) is 17.3 Å². The van der Waals surface area contributed by atoms with Crippen LogP contribution >= 0.6 is 11.6 Å². The lowest BCUT2D eigenvalue weighted by atomic mass is 9.96. The quantitative estimate of drug-likeness (QED) is 0.277. The van der Waals surface area contributed by atoms with Crippen LogP contribution in [0.1, 0.15) is 35.3 Å². The molecule has 4 rings (SSSR count). The van der Waals surface area contributed by atoms with Crippen LogP contribution in [0, 0.1) is 5.82 Å². The lowest BCUT2D eigenvalue weighted by Crippen LogP contribution is -2.17. The van der Waals surface area contributed by atoms with Gasteiger partial charge in [0.25, 0.3) is 5.91 Å². The Labute approximate surface area is 224 Å². The Kier molecular flexibility index (Phi) is 7.39. The number of pyridine rings is 2. The standard InChI is InChI=1S/C25H20ClF4N7O2/c1-24(2,39)4-3-13-10-32-12-20(31)21(13)16-8-18(26)15(9-19(16)27)23(38)36-14-7-17(25(28,29)30)22(33-11-14)37-34-5-6-35-37/h3-12,39H,31H2,1-2H3,(H,36,38). The molecule has 0 spiro atoms. The van der Waals surface area contributed by atoms with Gasteiger partial charge in [0, 0.05) is 22.9 Å². The van der Waals surface area contributed by atoms with Gasteiger partial charge >= 0.3 is 6.18 Å². The zero-order valence-electron chi connectivity index (χ0n) is 20.3. The molecule has 0 aliphatic rings. The summed E-state index contributed by atoms with van der Waals surface area (Å²) < 4.78 is 56.3. The van der Waals surface area contributed by atoms with Crippen molar-refractivity contribution >= 4 is 35.0 Å². The molecule has 9 nitrogen and oxygen atoms in total. The number of nitrogens with one attached hydrogen (secondary N) is 1. The summed E-state index contributed by atoms with van der Waals surface area (Å²) >= 11 is 6.31. The fourth-order valence-corrected chi connectivity index (χ4v) is 3.80. The van der Waals surface area contributed by atoms with Gasteiger partial charge in [-0.3, -0.25) is 9.78 Å². The number of amides is 1. The van der Waals surface area contributed by atoms with Crippen molar-refractivity contribution in [1.82, 2.24) is 25.0 Å². The van der Waals surface area contributed by atoms with E-state index in [-0.39, 0.29) is 33.1 Å². The summed E-state index contributed by atoms with van der Waals surface area (Å²) in [5, 5.41) is 19.4. The molecule has 1 amide bonds. The lowest BCUT2D eigenvalue weighted by molar-refractivity contribution is -0.137. The number of carbonyl (C=O) groups excluding carboxylic acids is 1. The molecule has 1 aromatic carbocycles. The zero-order valence-corrected chi connectivity index (χ0v) is 21.1. The number of hydrogen-bond donors (Lipinski definition) is 3. The highest BCUT2D eigenvalue weighted by Gasteiger charge is 2.36. The van der Waals surface area contributed by atoms with E-state index >= 15 is 4.39 Å². The minimum atomic E-state index is -4.84. The molecule has 39 heavy (non-hydrogen) atoms. The second kappa shape index (κ2) is 10.4. The topological polar surface area (TPSA) is 132 Å². The van der Waals surface area contributed by atoms with Gasteiger partial charge in [-0.15, -0.1) is 4.80 Å². The maximum Gasteiger partial charge on any atom is 0.420 e. The molecule has 0 bridgehead atoms. The number of halogens is 5. The highest BCUT2D eigenvalue weighted by molar-refractivity contribution is 6.34. The lowest BCUT2D eigenvalue weighted by Gasteiger charge is -2.15. The normalized spacial score (nSPS) is 12.2. The Hall–Kier alpha value is -4.36. The van der Waals surface area contributed by atoms with Gasteiger partial charge in [-0.2, -0.15) is 23.4 Å². The van der Waals surface area contributed by atoms with Crippen molar-refractivity contribution in [2.24, 2.45) is 0 Å². The molecule has 0 saturated carbocycles. The summed E-state index contributed by atoms with van der Waals surface area (Å²) in [5.74, 6) is -2.45. The van der Waals surface area contributed by atoms with Gasteiger partial charge in [0.2, 0.25) is 0 Å². The third kappa shape index (κ3) is 6.21. The first-order chi connectivity index (χ1) is 18.2. The van der Waals surface area contributed by atoms with Crippen molar-refractivity contribution in [1.29, 1.82) is 0 Å². The second-order valence-electron chi connectivity index (χ2n) is 8.86. The number of aliphatic hydroxyl groups is 1. The molecular weight excluding hydrogens is 542 g/mol. The summed E-state index contributed by atoms with van der Waals surface area (Å²) in [6, 6.07) is 2.67. The van der Waals surface area contributed by atoms with Crippen LogP contribution in [-0.2, 0) is 6.18 Å². The van der Waals surface area contributed by atoms with Crippen molar-refractivity contribution in [2.45, 2.75) is 25.6 Å². The van der Waals surface area contributed by atoms with E-state index in [9.17, 15) is 23.1 Å². The maximum absolute atomic E-state index is 15.3. The number of nitrogen functional groups attached to an aromatic ring is 1. The van der Waals surface area contributed by atoms with Crippen molar-refractivity contribution in [2.75, 3.05) is 11.1 Å². The van der Waals surface area contributed by atoms with Gasteiger partial charge in [-0.25, -0.2) is 9.37 Å². The van der Waals surface area contributed by atoms with Crippen molar-refractivity contribution in [3.05, 3.63) is 82.8 Å². The number of rotatable bonds is 6. The van der Waals surface area contributed by atoms with Gasteiger partial charge < -0.3 is 16.2 Å². The molecule has 14 heteroatoms. The van der Waals surface area contributed by atoms with E-state index in [2.05, 4.69) is 25.5 Å². The van der Waals surface area contributed by atoms with Gasteiger partial charge in [0.15, 0.2) is 5.82 Å². The first-order valence-electron chi connectivity index (χ1n) is 11.1. The molecule has 0 unspecified atom stereocenters. The fourth-order valence-electron chi connectivity index (χ4n) is 3.55. The van der Waals surface area contributed by atoms with Gasteiger partial charge in [0.05, 0.1) is 52.3 Å². The van der Waals surface area contributed by atoms with Crippen LogP contribution in [0.15, 0.2) is 55.3 Å². The molecule has 0 aliphatic heterocycles. The van der Waals surface area contributed by atoms with Gasteiger partial charge in [0.1, 0.15) is 11.4 Å². The highest BCUT2D eigenvalue weighted by atomic mass is 35.5. The molecule has 202 valence electrons. The first kappa shape index (κ1) is 27.7. The minimum Gasteiger partial charge on any atom is -0.397 e. The van der Waals surface area contributed by atoms with Crippen LogP contribution in [0.5, 0.6) is 0 Å². The molecule has 0 saturated heterocycles. The van der Waals surface area contributed by atoms with Crippen LogP contribution in [-0.4, -0.2) is 41.6 Å². The van der Waals surface area contributed by atoms with E-state index in [1.54, 1.807) is 13.8 Å². The molecule has 3 heterocycles. The number of nitrogens with two attached hydrogens (primary N) is 1. The fraction of sp³-hybridized carbons (Fsp3) is 0.160. The van der Waals surface area contributed by atoms with Gasteiger partial charge in [-0.05, 0) is 32.0 Å². The average Bonchev–Trinajstić information content (AvgIpc) is 3.38. The van der Waals surface area contributed by atoms with Gasteiger partial charge in [-0.1, -0.05) is 23.8 Å². The van der Waals surface area contributed by atoms with Crippen LogP contribution < -0.4 is 11.1 Å². The van der Waals surface area contributed by atoms with E-state index in [1.165, 1.54) is 43.0 Å². The van der Waals surface area contributed by atoms with Crippen LogP contribution in [0.4, 0.5) is 28.9 Å². The van der Waals surface area contributed by atoms with Crippen LogP contribution in [0.2, 0.25) is 5.02 Å². The van der Waals surface area contributed by atoms with E-state index in [0.29, 0.717) is 16.4 Å². The first-order valence-corrected chi connectivity index (χ1v) is 11.5. The van der Waals surface area contributed by atoms with Crippen LogP contribution in [0.3, 0.4) is 0 Å². The Morgan fingerprint density at radius 2 is 1.82 bits per heavy atom. The molecular formula is C25H20ClF4N7O2. The monoisotopic (exact) mass is 561 g/mol. The number of anilines is 2. The Morgan fingerprint density at radius 3 is 2.46 bits per heavy atom. The molecule has 4 aromatic rings. The van der Waals surface area contributed by atoms with Crippen LogP contribution in [0.25, 0.3) is 23.0 Å². The molecule has 0 atom stereocenters. The van der Waals surface area contributed by atoms with E-state index < -0.39 is 34.9 Å². The SMILES string of the molecule is CC(C)(O)C=Cc1cncc(N)c1-c1cc(Cl)c(C(=O)Nc2cnc(-n3nccn3)c(C(F)(F)F)c2)cc1F. The predicted octanol–water partition coefficient (Wildman–Crippen LogP) is 5.15. The largest absolute Gasteiger partial charge is 0.420 e. The molecule has 3 aromatic heterocycles. The molecule has 0 radical (unpaired) electrons. The number of nitrogens with zero attached hydrogens (tertiary/aromatic N) is 5. The molecule has 0 aliphatic carbocycles. The second-order valence-corrected chi connectivity index (χ2v) is 9.26. The zero-order chi connectivity index (χ0) is 28.5. The Bertz CT molecular complexity index is 1570.